The van der Waals surface area contributed by atoms with Crippen LogP contribution in [0.1, 0.15) is 19.3 Å². The Morgan fingerprint density at radius 2 is 1.96 bits per heavy atom. The standard InChI is InChI=1S/C17H20N7O2/c18-17-21-7-12(8-22-17)13-9-19-15-16(23-13)24(14(25)10-20-15)4-1-11-2-5-26-6-3-11/h7-9,11,18H,1-6,10H2,(H,19,20). The van der Waals surface area contributed by atoms with Gasteiger partial charge in [-0.3, -0.25) is 15.4 Å². The van der Waals surface area contributed by atoms with E-state index in [1.54, 1.807) is 11.1 Å². The van der Waals surface area contributed by atoms with Crippen molar-refractivity contribution in [2.45, 2.75) is 19.3 Å². The summed E-state index contributed by atoms with van der Waals surface area (Å²) in [6.07, 6.45) is 7.70. The van der Waals surface area contributed by atoms with Crippen molar-refractivity contribution in [2.75, 3.05) is 36.5 Å². The molecule has 26 heavy (non-hydrogen) atoms. The highest BCUT2D eigenvalue weighted by atomic mass is 16.5. The minimum Gasteiger partial charge on any atom is -0.381 e. The second kappa shape index (κ2) is 7.20. The summed E-state index contributed by atoms with van der Waals surface area (Å²) in [6.45, 7) is 2.45. The lowest BCUT2D eigenvalue weighted by Gasteiger charge is -2.30. The Balaban J connectivity index is 1.57. The third-order valence-corrected chi connectivity index (χ3v) is 4.77. The highest BCUT2D eigenvalue weighted by molar-refractivity contribution is 6.00. The maximum absolute atomic E-state index is 12.4. The first-order valence-corrected chi connectivity index (χ1v) is 8.74. The molecule has 1 fully saturated rings. The summed E-state index contributed by atoms with van der Waals surface area (Å²) >= 11 is 0. The number of hydrogen-bond acceptors (Lipinski definition) is 7. The number of nitrogens with zero attached hydrogens (tertiary/aromatic N) is 5. The molecule has 2 N–H and O–H groups in total. The maximum Gasteiger partial charge on any atom is 0.247 e. The Labute approximate surface area is 151 Å². The van der Waals surface area contributed by atoms with Crippen LogP contribution in [0.25, 0.3) is 11.3 Å². The van der Waals surface area contributed by atoms with Crippen LogP contribution >= 0.6 is 0 Å². The van der Waals surface area contributed by atoms with Crippen LogP contribution in [0.3, 0.4) is 0 Å². The molecule has 0 atom stereocenters. The Morgan fingerprint density at radius 1 is 1.19 bits per heavy atom. The zero-order valence-electron chi connectivity index (χ0n) is 14.3. The zero-order chi connectivity index (χ0) is 17.9. The average molecular weight is 354 g/mol. The number of aromatic nitrogens is 4. The fourth-order valence-corrected chi connectivity index (χ4v) is 3.24. The third kappa shape index (κ3) is 3.43. The van der Waals surface area contributed by atoms with Gasteiger partial charge in [0.15, 0.2) is 11.6 Å². The van der Waals surface area contributed by atoms with Crippen molar-refractivity contribution < 1.29 is 9.53 Å². The first-order valence-electron chi connectivity index (χ1n) is 8.74. The van der Waals surface area contributed by atoms with Crippen molar-refractivity contribution in [3.8, 4) is 11.3 Å². The molecular weight excluding hydrogens is 334 g/mol. The van der Waals surface area contributed by atoms with Crippen molar-refractivity contribution in [2.24, 2.45) is 5.92 Å². The molecule has 2 aromatic rings. The van der Waals surface area contributed by atoms with E-state index in [2.05, 4.69) is 25.3 Å². The SMILES string of the molecule is [NH]c1ncc(-c2cnc3c(n2)N(CCC2CCOCC2)C(=O)CN3)cn1. The number of fused-ring (bicyclic) bond motifs is 1. The topological polar surface area (TPSA) is 117 Å². The molecule has 2 aliphatic rings. The molecular formula is C17H20N7O2. The van der Waals surface area contributed by atoms with E-state index in [0.717, 1.165) is 32.5 Å². The fourth-order valence-electron chi connectivity index (χ4n) is 3.24. The van der Waals surface area contributed by atoms with E-state index in [1.165, 1.54) is 12.4 Å². The first kappa shape index (κ1) is 16.6. The number of amides is 1. The van der Waals surface area contributed by atoms with E-state index >= 15 is 0 Å². The van der Waals surface area contributed by atoms with E-state index in [4.69, 9.17) is 10.5 Å². The van der Waals surface area contributed by atoms with Gasteiger partial charge in [0.05, 0.1) is 18.4 Å². The number of hydrogen-bond donors (Lipinski definition) is 1. The predicted molar refractivity (Wildman–Crippen MR) is 94.8 cm³/mol. The number of nitrogens with one attached hydrogen (secondary N) is 2. The number of rotatable bonds is 4. The van der Waals surface area contributed by atoms with Gasteiger partial charge in [0.2, 0.25) is 11.9 Å². The quantitative estimate of drug-likeness (QED) is 0.882. The predicted octanol–water partition coefficient (Wildman–Crippen LogP) is 1.42. The van der Waals surface area contributed by atoms with E-state index < -0.39 is 0 Å². The van der Waals surface area contributed by atoms with E-state index in [-0.39, 0.29) is 18.4 Å². The molecule has 2 aliphatic heterocycles. The van der Waals surface area contributed by atoms with Gasteiger partial charge in [-0.05, 0) is 25.2 Å². The molecule has 1 radical (unpaired) electrons. The summed E-state index contributed by atoms with van der Waals surface area (Å²) in [7, 11) is 0. The van der Waals surface area contributed by atoms with Gasteiger partial charge in [-0.2, -0.15) is 0 Å². The minimum absolute atomic E-state index is 0.00577. The molecule has 135 valence electrons. The van der Waals surface area contributed by atoms with Crippen LogP contribution in [0.5, 0.6) is 0 Å². The Hall–Kier alpha value is -2.81. The second-order valence-corrected chi connectivity index (χ2v) is 6.47. The van der Waals surface area contributed by atoms with Crippen molar-refractivity contribution in [3.05, 3.63) is 18.6 Å². The first-order chi connectivity index (χ1) is 12.7. The Bertz CT molecular complexity index is 790. The average Bonchev–Trinajstić information content (AvgIpc) is 2.68. The van der Waals surface area contributed by atoms with Crippen molar-refractivity contribution in [1.29, 1.82) is 0 Å². The number of carbonyl (C=O) groups excluding carboxylic acids is 1. The van der Waals surface area contributed by atoms with Gasteiger partial charge in [-0.15, -0.1) is 0 Å². The zero-order valence-corrected chi connectivity index (χ0v) is 14.3. The lowest BCUT2D eigenvalue weighted by Crippen LogP contribution is -2.42. The number of carbonyl (C=O) groups is 1. The van der Waals surface area contributed by atoms with Gasteiger partial charge >= 0.3 is 0 Å². The van der Waals surface area contributed by atoms with Crippen molar-refractivity contribution in [1.82, 2.24) is 25.7 Å². The van der Waals surface area contributed by atoms with Crippen LogP contribution in [0.15, 0.2) is 18.6 Å². The van der Waals surface area contributed by atoms with Crippen molar-refractivity contribution >= 4 is 23.5 Å². The normalized spacial score (nSPS) is 17.7. The summed E-state index contributed by atoms with van der Waals surface area (Å²) in [5.41, 5.74) is 8.63. The highest BCUT2D eigenvalue weighted by Crippen LogP contribution is 2.29. The molecule has 0 aromatic carbocycles. The van der Waals surface area contributed by atoms with Crippen LogP contribution in [-0.4, -0.2) is 52.1 Å². The highest BCUT2D eigenvalue weighted by Gasteiger charge is 2.28. The van der Waals surface area contributed by atoms with Crippen LogP contribution in [0.2, 0.25) is 0 Å². The van der Waals surface area contributed by atoms with Gasteiger partial charge in [-0.1, -0.05) is 0 Å². The molecule has 2 aromatic heterocycles. The number of anilines is 2. The molecule has 0 unspecified atom stereocenters. The van der Waals surface area contributed by atoms with Crippen LogP contribution in [0, 0.1) is 5.92 Å². The van der Waals surface area contributed by atoms with E-state index in [9.17, 15) is 4.79 Å². The van der Waals surface area contributed by atoms with Gasteiger partial charge in [0, 0.05) is 37.7 Å². The molecule has 1 amide bonds. The molecule has 4 rings (SSSR count). The Kier molecular flexibility index (Phi) is 4.61. The molecule has 0 aliphatic carbocycles. The van der Waals surface area contributed by atoms with Crippen LogP contribution < -0.4 is 16.0 Å². The summed E-state index contributed by atoms with van der Waals surface area (Å²) < 4.78 is 5.40. The van der Waals surface area contributed by atoms with Crippen LogP contribution in [0.4, 0.5) is 17.6 Å². The van der Waals surface area contributed by atoms with E-state index in [1.807, 2.05) is 0 Å². The van der Waals surface area contributed by atoms with Gasteiger partial charge in [0.25, 0.3) is 0 Å². The minimum atomic E-state index is -0.0467. The number of ether oxygens (including phenoxy) is 1. The molecule has 9 nitrogen and oxygen atoms in total. The lowest BCUT2D eigenvalue weighted by molar-refractivity contribution is -0.117. The largest absolute Gasteiger partial charge is 0.381 e. The molecule has 4 heterocycles. The van der Waals surface area contributed by atoms with Gasteiger partial charge in [-0.25, -0.2) is 19.9 Å². The fraction of sp³-hybridized carbons (Fsp3) is 0.471. The maximum atomic E-state index is 12.4. The third-order valence-electron chi connectivity index (χ3n) is 4.77. The Morgan fingerprint density at radius 3 is 2.73 bits per heavy atom. The van der Waals surface area contributed by atoms with Gasteiger partial charge in [0.1, 0.15) is 0 Å². The lowest BCUT2D eigenvalue weighted by atomic mass is 9.96. The molecule has 0 spiro atoms. The second-order valence-electron chi connectivity index (χ2n) is 6.47. The van der Waals surface area contributed by atoms with E-state index in [0.29, 0.717) is 35.4 Å². The summed E-state index contributed by atoms with van der Waals surface area (Å²) in [5.74, 6) is 1.67. The molecule has 0 saturated carbocycles. The smallest absolute Gasteiger partial charge is 0.247 e. The summed E-state index contributed by atoms with van der Waals surface area (Å²) in [4.78, 5) is 31.0. The van der Waals surface area contributed by atoms with Gasteiger partial charge < -0.3 is 10.1 Å². The summed E-state index contributed by atoms with van der Waals surface area (Å²) in [5, 5.41) is 3.02. The monoisotopic (exact) mass is 354 g/mol. The van der Waals surface area contributed by atoms with Crippen molar-refractivity contribution in [3.63, 3.8) is 0 Å². The van der Waals surface area contributed by atoms with Crippen LogP contribution in [-0.2, 0) is 9.53 Å². The molecule has 9 heteroatoms. The summed E-state index contributed by atoms with van der Waals surface area (Å²) in [6, 6.07) is 0. The molecule has 0 bridgehead atoms. The molecule has 1 saturated heterocycles.